The number of aromatic nitrogens is 1. The van der Waals surface area contributed by atoms with Crippen molar-refractivity contribution in [3.8, 4) is 6.07 Å². The number of anilines is 1. The van der Waals surface area contributed by atoms with Crippen molar-refractivity contribution in [2.75, 3.05) is 4.72 Å². The summed E-state index contributed by atoms with van der Waals surface area (Å²) in [7, 11) is -3.84. The van der Waals surface area contributed by atoms with Crippen LogP contribution in [0.5, 0.6) is 0 Å². The monoisotopic (exact) mass is 371 g/mol. The first-order chi connectivity index (χ1) is 9.44. The third-order valence-corrected chi connectivity index (χ3v) is 4.85. The van der Waals surface area contributed by atoms with Gasteiger partial charge in [-0.25, -0.2) is 8.42 Å². The maximum Gasteiger partial charge on any atom is 0.263 e. The van der Waals surface area contributed by atoms with Crippen LogP contribution in [0.25, 0.3) is 0 Å². The molecule has 0 radical (unpaired) electrons. The second-order valence-electron chi connectivity index (χ2n) is 3.72. The van der Waals surface area contributed by atoms with Gasteiger partial charge in [0.05, 0.1) is 26.8 Å². The van der Waals surface area contributed by atoms with Crippen molar-refractivity contribution in [1.29, 1.82) is 5.26 Å². The molecule has 0 fully saturated rings. The molecule has 0 aliphatic rings. The van der Waals surface area contributed by atoms with Crippen molar-refractivity contribution in [3.63, 3.8) is 0 Å². The Kier molecular flexibility index (Phi) is 4.28. The molecule has 0 saturated heterocycles. The van der Waals surface area contributed by atoms with E-state index in [-0.39, 0.29) is 9.92 Å². The number of rotatable bonds is 3. The summed E-state index contributed by atoms with van der Waals surface area (Å²) < 4.78 is 27.4. The van der Waals surface area contributed by atoms with E-state index in [1.165, 1.54) is 36.7 Å². The molecule has 20 heavy (non-hydrogen) atoms. The maximum atomic E-state index is 12.3. The summed E-state index contributed by atoms with van der Waals surface area (Å²) in [6.45, 7) is 0. The molecule has 1 heterocycles. The number of hydrogen-bond acceptors (Lipinski definition) is 4. The van der Waals surface area contributed by atoms with E-state index in [1.807, 2.05) is 6.07 Å². The smallest absolute Gasteiger partial charge is 0.263 e. The minimum atomic E-state index is -3.84. The largest absolute Gasteiger partial charge is 0.278 e. The molecule has 0 atom stereocenters. The number of hydrogen-bond donors (Lipinski definition) is 1. The fourth-order valence-corrected chi connectivity index (χ4v) is 3.55. The molecule has 1 aromatic carbocycles. The van der Waals surface area contributed by atoms with Crippen LogP contribution in [-0.2, 0) is 10.0 Å². The number of sulfonamides is 1. The number of nitrogens with one attached hydrogen (secondary N) is 1. The van der Waals surface area contributed by atoms with Crippen LogP contribution in [0.3, 0.4) is 0 Å². The van der Waals surface area contributed by atoms with Gasteiger partial charge in [-0.15, -0.1) is 0 Å². The van der Waals surface area contributed by atoms with Crippen LogP contribution in [0.2, 0.25) is 5.02 Å². The Hall–Kier alpha value is -1.62. The summed E-state index contributed by atoms with van der Waals surface area (Å²) in [6, 6.07) is 7.39. The van der Waals surface area contributed by atoms with E-state index in [0.717, 1.165) is 0 Å². The molecule has 0 aliphatic carbocycles. The Labute approximate surface area is 129 Å². The van der Waals surface area contributed by atoms with Crippen LogP contribution in [0.15, 0.2) is 46.0 Å². The van der Waals surface area contributed by atoms with Crippen molar-refractivity contribution in [1.82, 2.24) is 4.98 Å². The Morgan fingerprint density at radius 1 is 1.35 bits per heavy atom. The lowest BCUT2D eigenvalue weighted by Crippen LogP contribution is -2.14. The second kappa shape index (κ2) is 5.79. The molecular weight excluding hydrogens is 366 g/mol. The summed E-state index contributed by atoms with van der Waals surface area (Å²) in [5, 5.41) is 8.73. The summed E-state index contributed by atoms with van der Waals surface area (Å²) in [6.07, 6.45) is 2.93. The number of halogens is 2. The lowest BCUT2D eigenvalue weighted by atomic mass is 10.2. The standard InChI is InChI=1S/C12H7BrClN3O2S/c13-9-7-16-4-3-11(9)17-20(18,19)12-2-1-8(6-15)5-10(12)14/h1-5,7H,(H,16,17). The first-order valence-corrected chi connectivity index (χ1v) is 7.91. The van der Waals surface area contributed by atoms with Crippen molar-refractivity contribution < 1.29 is 8.42 Å². The van der Waals surface area contributed by atoms with Crippen molar-refractivity contribution in [3.05, 3.63) is 51.7 Å². The van der Waals surface area contributed by atoms with Crippen LogP contribution >= 0.6 is 27.5 Å². The average Bonchev–Trinajstić information content (AvgIpc) is 2.40. The molecule has 1 aromatic heterocycles. The second-order valence-corrected chi connectivity index (χ2v) is 6.63. The Bertz CT molecular complexity index is 803. The quantitative estimate of drug-likeness (QED) is 0.897. The molecule has 1 N–H and O–H groups in total. The summed E-state index contributed by atoms with van der Waals surface area (Å²) in [5.74, 6) is 0. The van der Waals surface area contributed by atoms with E-state index in [2.05, 4.69) is 25.6 Å². The maximum absolute atomic E-state index is 12.3. The van der Waals surface area contributed by atoms with E-state index in [4.69, 9.17) is 16.9 Å². The lowest BCUT2D eigenvalue weighted by molar-refractivity contribution is 0.601. The molecule has 102 valence electrons. The van der Waals surface area contributed by atoms with Gasteiger partial charge in [0, 0.05) is 12.4 Å². The highest BCUT2D eigenvalue weighted by molar-refractivity contribution is 9.10. The molecule has 0 amide bonds. The summed E-state index contributed by atoms with van der Waals surface area (Å²) >= 11 is 9.10. The first kappa shape index (κ1) is 14.8. The Morgan fingerprint density at radius 2 is 2.10 bits per heavy atom. The highest BCUT2D eigenvalue weighted by atomic mass is 79.9. The zero-order chi connectivity index (χ0) is 14.8. The average molecular weight is 373 g/mol. The summed E-state index contributed by atoms with van der Waals surface area (Å²) in [5.41, 5.74) is 0.638. The zero-order valence-electron chi connectivity index (χ0n) is 9.84. The minimum Gasteiger partial charge on any atom is -0.278 e. The van der Waals surface area contributed by atoms with Gasteiger partial charge < -0.3 is 0 Å². The van der Waals surface area contributed by atoms with E-state index in [0.29, 0.717) is 15.7 Å². The third kappa shape index (κ3) is 3.10. The topological polar surface area (TPSA) is 82.8 Å². The Morgan fingerprint density at radius 3 is 2.70 bits per heavy atom. The van der Waals surface area contributed by atoms with Gasteiger partial charge >= 0.3 is 0 Å². The fourth-order valence-electron chi connectivity index (χ4n) is 1.45. The third-order valence-electron chi connectivity index (χ3n) is 2.37. The molecule has 8 heteroatoms. The van der Waals surface area contributed by atoms with Gasteiger partial charge in [0.2, 0.25) is 0 Å². The van der Waals surface area contributed by atoms with Gasteiger partial charge in [-0.2, -0.15) is 5.26 Å². The molecule has 0 bridgehead atoms. The lowest BCUT2D eigenvalue weighted by Gasteiger charge is -2.10. The molecule has 5 nitrogen and oxygen atoms in total. The molecule has 0 aliphatic heterocycles. The SMILES string of the molecule is N#Cc1ccc(S(=O)(=O)Nc2ccncc2Br)c(Cl)c1. The number of nitrogens with zero attached hydrogens (tertiary/aromatic N) is 2. The molecule has 2 rings (SSSR count). The van der Waals surface area contributed by atoms with Gasteiger partial charge in [-0.05, 0) is 40.2 Å². The predicted octanol–water partition coefficient (Wildman–Crippen LogP) is 3.17. The van der Waals surface area contributed by atoms with E-state index < -0.39 is 10.0 Å². The van der Waals surface area contributed by atoms with Gasteiger partial charge in [0.15, 0.2) is 0 Å². The van der Waals surface area contributed by atoms with Crippen molar-refractivity contribution >= 4 is 43.2 Å². The van der Waals surface area contributed by atoms with Crippen LogP contribution < -0.4 is 4.72 Å². The van der Waals surface area contributed by atoms with Crippen molar-refractivity contribution in [2.24, 2.45) is 0 Å². The molecule has 0 unspecified atom stereocenters. The minimum absolute atomic E-state index is 0.0123. The number of pyridine rings is 1. The fraction of sp³-hybridized carbons (Fsp3) is 0. The molecule has 2 aromatic rings. The highest BCUT2D eigenvalue weighted by Crippen LogP contribution is 2.27. The predicted molar refractivity (Wildman–Crippen MR) is 78.9 cm³/mol. The molecular formula is C12H7BrClN3O2S. The van der Waals surface area contributed by atoms with Crippen LogP contribution in [0.1, 0.15) is 5.56 Å². The van der Waals surface area contributed by atoms with Gasteiger partial charge in [-0.3, -0.25) is 9.71 Å². The highest BCUT2D eigenvalue weighted by Gasteiger charge is 2.19. The zero-order valence-corrected chi connectivity index (χ0v) is 13.0. The summed E-state index contributed by atoms with van der Waals surface area (Å²) in [4.78, 5) is 3.75. The first-order valence-electron chi connectivity index (χ1n) is 5.26. The van der Waals surface area contributed by atoms with E-state index in [1.54, 1.807) is 0 Å². The van der Waals surface area contributed by atoms with Crippen LogP contribution in [0, 0.1) is 11.3 Å². The van der Waals surface area contributed by atoms with Gasteiger partial charge in [0.1, 0.15) is 4.90 Å². The normalized spacial score (nSPS) is 10.8. The van der Waals surface area contributed by atoms with Crippen LogP contribution in [0.4, 0.5) is 5.69 Å². The van der Waals surface area contributed by atoms with Crippen molar-refractivity contribution in [2.45, 2.75) is 4.90 Å². The number of nitriles is 1. The van der Waals surface area contributed by atoms with Gasteiger partial charge in [0.25, 0.3) is 10.0 Å². The Balaban J connectivity index is 2.42. The molecule has 0 saturated carbocycles. The van der Waals surface area contributed by atoms with Gasteiger partial charge in [-0.1, -0.05) is 11.6 Å². The van der Waals surface area contributed by atoms with E-state index >= 15 is 0 Å². The number of benzene rings is 1. The molecule has 0 spiro atoms. The van der Waals surface area contributed by atoms with Crippen LogP contribution in [-0.4, -0.2) is 13.4 Å². The van der Waals surface area contributed by atoms with E-state index in [9.17, 15) is 8.42 Å².